The molecule has 1 aromatic carbocycles. The highest BCUT2D eigenvalue weighted by Gasteiger charge is 2.17. The van der Waals surface area contributed by atoms with Crippen LogP contribution in [0.3, 0.4) is 0 Å². The van der Waals surface area contributed by atoms with Crippen molar-refractivity contribution in [3.63, 3.8) is 0 Å². The van der Waals surface area contributed by atoms with E-state index in [0.29, 0.717) is 6.54 Å². The molecule has 3 N–H and O–H groups in total. The number of nitrogens with one attached hydrogen (secondary N) is 1. The summed E-state index contributed by atoms with van der Waals surface area (Å²) in [6.45, 7) is 6.51. The molecule has 0 heterocycles. The van der Waals surface area contributed by atoms with Gasteiger partial charge < -0.3 is 10.1 Å². The molecular formula is C16H25N3O3. The Hall–Kier alpha value is -2.08. The van der Waals surface area contributed by atoms with Gasteiger partial charge in [-0.1, -0.05) is 51.1 Å². The molecule has 1 atom stereocenters. The highest BCUT2D eigenvalue weighted by molar-refractivity contribution is 5.78. The molecule has 0 radical (unpaired) electrons. The number of amides is 2. The van der Waals surface area contributed by atoms with Gasteiger partial charge in [-0.15, -0.1) is 0 Å². The first kappa shape index (κ1) is 18.0. The lowest BCUT2D eigenvalue weighted by Crippen LogP contribution is -2.44. The topological polar surface area (TPSA) is 84.7 Å². The molecule has 0 bridgehead atoms. The van der Waals surface area contributed by atoms with E-state index in [1.165, 1.54) is 0 Å². The third kappa shape index (κ3) is 6.13. The Bertz CT molecular complexity index is 477. The molecule has 0 aliphatic heterocycles. The number of carbonyl (C=O) groups excluding carboxylic acids is 2. The van der Waals surface area contributed by atoms with E-state index in [2.05, 4.69) is 5.32 Å². The Morgan fingerprint density at radius 3 is 2.45 bits per heavy atom. The van der Waals surface area contributed by atoms with Gasteiger partial charge in [-0.3, -0.25) is 4.79 Å². The zero-order chi connectivity index (χ0) is 16.5. The second-order valence-electron chi connectivity index (χ2n) is 5.56. The molecule has 0 saturated heterocycles. The summed E-state index contributed by atoms with van der Waals surface area (Å²) in [5.74, 6) is 5.77. The number of hydrogen-bond donors (Lipinski definition) is 2. The summed E-state index contributed by atoms with van der Waals surface area (Å²) in [4.78, 5) is 23.5. The standard InChI is InChI=1S/C16H25N3O3/c1-12(2)13(3)15(20)18-9-10-19(17)16(21)22-11-14-7-5-4-6-8-14/h4-8,12-13H,9-11,17H2,1-3H3,(H,18,20)/t13-/m0/s1. The number of rotatable bonds is 7. The van der Waals surface area contributed by atoms with Crippen molar-refractivity contribution in [1.29, 1.82) is 0 Å². The van der Waals surface area contributed by atoms with Crippen LogP contribution < -0.4 is 11.2 Å². The number of hydrazine groups is 1. The van der Waals surface area contributed by atoms with Gasteiger partial charge >= 0.3 is 6.09 Å². The average Bonchev–Trinajstić information content (AvgIpc) is 2.52. The summed E-state index contributed by atoms with van der Waals surface area (Å²) in [6.07, 6.45) is -0.616. The van der Waals surface area contributed by atoms with Crippen molar-refractivity contribution in [2.24, 2.45) is 17.7 Å². The van der Waals surface area contributed by atoms with Gasteiger partial charge in [-0.2, -0.15) is 0 Å². The van der Waals surface area contributed by atoms with Crippen LogP contribution in [0, 0.1) is 11.8 Å². The van der Waals surface area contributed by atoms with E-state index in [4.69, 9.17) is 10.6 Å². The normalized spacial score (nSPS) is 11.9. The van der Waals surface area contributed by atoms with Crippen molar-refractivity contribution in [1.82, 2.24) is 10.3 Å². The summed E-state index contributed by atoms with van der Waals surface area (Å²) in [7, 11) is 0. The van der Waals surface area contributed by atoms with E-state index >= 15 is 0 Å². The van der Waals surface area contributed by atoms with Gasteiger partial charge in [0.15, 0.2) is 0 Å². The van der Waals surface area contributed by atoms with Crippen LogP contribution in [-0.4, -0.2) is 30.1 Å². The summed E-state index contributed by atoms with van der Waals surface area (Å²) in [6, 6.07) is 9.36. The highest BCUT2D eigenvalue weighted by Crippen LogP contribution is 2.08. The molecule has 0 unspecified atom stereocenters. The molecular weight excluding hydrogens is 282 g/mol. The summed E-state index contributed by atoms with van der Waals surface area (Å²) >= 11 is 0. The molecule has 0 saturated carbocycles. The number of ether oxygens (including phenoxy) is 1. The Labute approximate surface area is 131 Å². The van der Waals surface area contributed by atoms with Crippen LogP contribution in [0.15, 0.2) is 30.3 Å². The first-order chi connectivity index (χ1) is 10.4. The molecule has 0 fully saturated rings. The van der Waals surface area contributed by atoms with Crippen LogP contribution in [0.2, 0.25) is 0 Å². The third-order valence-electron chi connectivity index (χ3n) is 3.51. The third-order valence-corrected chi connectivity index (χ3v) is 3.51. The van der Waals surface area contributed by atoms with Gasteiger partial charge in [0.25, 0.3) is 0 Å². The second kappa shape index (κ2) is 9.04. The number of hydrogen-bond acceptors (Lipinski definition) is 4. The number of benzene rings is 1. The van der Waals surface area contributed by atoms with Crippen molar-refractivity contribution < 1.29 is 14.3 Å². The van der Waals surface area contributed by atoms with Crippen molar-refractivity contribution in [2.75, 3.05) is 13.1 Å². The van der Waals surface area contributed by atoms with Crippen molar-refractivity contribution in [3.8, 4) is 0 Å². The predicted octanol–water partition coefficient (Wildman–Crippen LogP) is 1.91. The Morgan fingerprint density at radius 2 is 1.86 bits per heavy atom. The lowest BCUT2D eigenvalue weighted by atomic mass is 9.97. The monoisotopic (exact) mass is 307 g/mol. The number of carbonyl (C=O) groups is 2. The van der Waals surface area contributed by atoms with E-state index in [9.17, 15) is 9.59 Å². The van der Waals surface area contributed by atoms with Crippen molar-refractivity contribution >= 4 is 12.0 Å². The Kier molecular flexibility index (Phi) is 7.39. The van der Waals surface area contributed by atoms with Crippen LogP contribution in [-0.2, 0) is 16.1 Å². The second-order valence-corrected chi connectivity index (χ2v) is 5.56. The maximum Gasteiger partial charge on any atom is 0.424 e. The molecule has 0 aliphatic carbocycles. The van der Waals surface area contributed by atoms with E-state index in [1.54, 1.807) is 0 Å². The molecule has 122 valence electrons. The van der Waals surface area contributed by atoms with Gasteiger partial charge in [-0.25, -0.2) is 15.6 Å². The molecule has 6 nitrogen and oxygen atoms in total. The van der Waals surface area contributed by atoms with Crippen LogP contribution >= 0.6 is 0 Å². The largest absolute Gasteiger partial charge is 0.444 e. The Balaban J connectivity index is 2.25. The zero-order valence-corrected chi connectivity index (χ0v) is 13.4. The van der Waals surface area contributed by atoms with Crippen LogP contribution in [0.5, 0.6) is 0 Å². The lowest BCUT2D eigenvalue weighted by molar-refractivity contribution is -0.125. The molecule has 0 spiro atoms. The van der Waals surface area contributed by atoms with Gasteiger partial charge in [-0.05, 0) is 11.5 Å². The van der Waals surface area contributed by atoms with Crippen molar-refractivity contribution in [3.05, 3.63) is 35.9 Å². The molecule has 2 amide bonds. The molecule has 1 aromatic rings. The summed E-state index contributed by atoms with van der Waals surface area (Å²) in [5.41, 5.74) is 0.892. The highest BCUT2D eigenvalue weighted by atomic mass is 16.6. The fraction of sp³-hybridized carbons (Fsp3) is 0.500. The van der Waals surface area contributed by atoms with Gasteiger partial charge in [0.2, 0.25) is 5.91 Å². The summed E-state index contributed by atoms with van der Waals surface area (Å²) in [5, 5.41) is 3.72. The van der Waals surface area contributed by atoms with Crippen LogP contribution in [0.25, 0.3) is 0 Å². The number of nitrogens with zero attached hydrogens (tertiary/aromatic N) is 1. The van der Waals surface area contributed by atoms with Gasteiger partial charge in [0.1, 0.15) is 6.61 Å². The molecule has 0 aliphatic rings. The van der Waals surface area contributed by atoms with E-state index in [0.717, 1.165) is 10.6 Å². The Morgan fingerprint density at radius 1 is 1.23 bits per heavy atom. The van der Waals surface area contributed by atoms with E-state index in [1.807, 2.05) is 51.1 Å². The predicted molar refractivity (Wildman–Crippen MR) is 84.5 cm³/mol. The SMILES string of the molecule is CC(C)[C@H](C)C(=O)NCCN(N)C(=O)OCc1ccccc1. The number of nitrogens with two attached hydrogens (primary N) is 1. The van der Waals surface area contributed by atoms with E-state index in [-0.39, 0.29) is 30.9 Å². The van der Waals surface area contributed by atoms with Crippen LogP contribution in [0.4, 0.5) is 4.79 Å². The van der Waals surface area contributed by atoms with Gasteiger partial charge in [0, 0.05) is 12.5 Å². The maximum absolute atomic E-state index is 11.8. The first-order valence-electron chi connectivity index (χ1n) is 7.42. The molecule has 6 heteroatoms. The fourth-order valence-corrected chi connectivity index (χ4v) is 1.66. The molecule has 0 aromatic heterocycles. The first-order valence-corrected chi connectivity index (χ1v) is 7.42. The minimum absolute atomic E-state index is 0.0407. The summed E-state index contributed by atoms with van der Waals surface area (Å²) < 4.78 is 5.08. The molecule has 22 heavy (non-hydrogen) atoms. The minimum atomic E-state index is -0.616. The van der Waals surface area contributed by atoms with Crippen molar-refractivity contribution in [2.45, 2.75) is 27.4 Å². The maximum atomic E-state index is 11.8. The lowest BCUT2D eigenvalue weighted by Gasteiger charge is -2.19. The average molecular weight is 307 g/mol. The van der Waals surface area contributed by atoms with Crippen LogP contribution in [0.1, 0.15) is 26.3 Å². The quantitative estimate of drug-likeness (QED) is 0.458. The molecule has 1 rings (SSSR count). The fourth-order valence-electron chi connectivity index (χ4n) is 1.66. The van der Waals surface area contributed by atoms with E-state index < -0.39 is 6.09 Å². The zero-order valence-electron chi connectivity index (χ0n) is 13.4. The minimum Gasteiger partial charge on any atom is -0.444 e. The van der Waals surface area contributed by atoms with Gasteiger partial charge in [0.05, 0.1) is 6.54 Å². The smallest absolute Gasteiger partial charge is 0.424 e.